The first-order chi connectivity index (χ1) is 37.2. The molecule has 2 nitrogen and oxygen atoms in total. The summed E-state index contributed by atoms with van der Waals surface area (Å²) in [5.74, 6) is 1.77. The van der Waals surface area contributed by atoms with E-state index in [-0.39, 0.29) is 0 Å². The van der Waals surface area contributed by atoms with Gasteiger partial charge in [0.1, 0.15) is 11.5 Å². The zero-order chi connectivity index (χ0) is 49.2. The molecule has 0 atom stereocenters. The minimum atomic E-state index is -0.617. The van der Waals surface area contributed by atoms with Gasteiger partial charge in [-0.2, -0.15) is 0 Å². The van der Waals surface area contributed by atoms with Crippen molar-refractivity contribution in [2.75, 3.05) is 4.90 Å². The summed E-state index contributed by atoms with van der Waals surface area (Å²) in [7, 11) is 0. The molecule has 12 aromatic carbocycles. The third kappa shape index (κ3) is 5.93. The fourth-order valence-electron chi connectivity index (χ4n) is 13.5. The number of hydrogen-bond acceptors (Lipinski definition) is 3. The number of rotatable bonds is 5. The molecule has 0 saturated carbocycles. The highest BCUT2D eigenvalue weighted by Crippen LogP contribution is 2.65. The summed E-state index contributed by atoms with van der Waals surface area (Å²) in [6, 6.07) is 101. The number of hydrogen-bond donors (Lipinski definition) is 0. The Morgan fingerprint density at radius 3 is 1.43 bits per heavy atom. The van der Waals surface area contributed by atoms with Crippen LogP contribution in [-0.4, -0.2) is 0 Å². The second-order valence-corrected chi connectivity index (χ2v) is 21.3. The number of benzene rings is 12. The highest BCUT2D eigenvalue weighted by molar-refractivity contribution is 7.99. The molecule has 2 heterocycles. The fourth-order valence-corrected chi connectivity index (χ4v) is 14.7. The molecule has 350 valence electrons. The SMILES string of the molecule is c1ccc(-c2ccc(-c3ccccc3N(c3ccc4c(c3)C3(c5ccccc5Oc5ccccc53)c3ccccc3-4)c3ccc4cc5c(cc4c3)-c3ccccc3C53c4ccccc4Sc4ccccc43)cc2)cc1. The van der Waals surface area contributed by atoms with Crippen molar-refractivity contribution >= 4 is 39.6 Å². The van der Waals surface area contributed by atoms with E-state index in [0.29, 0.717) is 0 Å². The molecule has 0 saturated heterocycles. The van der Waals surface area contributed by atoms with Crippen molar-refractivity contribution in [3.63, 3.8) is 0 Å². The van der Waals surface area contributed by atoms with Crippen LogP contribution in [0.2, 0.25) is 0 Å². The van der Waals surface area contributed by atoms with Crippen LogP contribution >= 0.6 is 11.8 Å². The topological polar surface area (TPSA) is 12.5 Å². The predicted octanol–water partition coefficient (Wildman–Crippen LogP) is 18.9. The Bertz CT molecular complexity index is 4230. The van der Waals surface area contributed by atoms with Crippen molar-refractivity contribution in [2.24, 2.45) is 0 Å². The van der Waals surface area contributed by atoms with Crippen LogP contribution in [0.3, 0.4) is 0 Å². The van der Waals surface area contributed by atoms with Crippen LogP contribution < -0.4 is 9.64 Å². The molecule has 2 aliphatic carbocycles. The third-order valence-electron chi connectivity index (χ3n) is 16.6. The van der Waals surface area contributed by atoms with Gasteiger partial charge in [-0.05, 0) is 150 Å². The molecule has 3 heteroatoms. The zero-order valence-corrected chi connectivity index (χ0v) is 41.6. The quantitative estimate of drug-likeness (QED) is 0.171. The van der Waals surface area contributed by atoms with Gasteiger partial charge in [0.15, 0.2) is 0 Å². The number of ether oxygens (including phenoxy) is 1. The first-order valence-corrected chi connectivity index (χ1v) is 26.7. The van der Waals surface area contributed by atoms with E-state index in [2.05, 4.69) is 278 Å². The molecule has 0 fully saturated rings. The average Bonchev–Trinajstić information content (AvgIpc) is 4.04. The number of nitrogens with zero attached hydrogens (tertiary/aromatic N) is 1. The van der Waals surface area contributed by atoms with Crippen LogP contribution in [0.1, 0.15) is 44.5 Å². The van der Waals surface area contributed by atoms with Crippen molar-refractivity contribution in [3.05, 3.63) is 317 Å². The Labute approximate surface area is 440 Å². The van der Waals surface area contributed by atoms with Crippen LogP contribution in [0.25, 0.3) is 55.3 Å². The Morgan fingerprint density at radius 1 is 0.280 bits per heavy atom. The molecule has 0 amide bonds. The van der Waals surface area contributed by atoms with Crippen LogP contribution in [0.5, 0.6) is 11.5 Å². The highest BCUT2D eigenvalue weighted by atomic mass is 32.2. The van der Waals surface area contributed by atoms with E-state index in [1.54, 1.807) is 0 Å². The van der Waals surface area contributed by atoms with Crippen molar-refractivity contribution in [2.45, 2.75) is 20.6 Å². The van der Waals surface area contributed by atoms with Gasteiger partial charge >= 0.3 is 0 Å². The van der Waals surface area contributed by atoms with Crippen LogP contribution in [-0.2, 0) is 10.8 Å². The van der Waals surface area contributed by atoms with Crippen LogP contribution in [0.4, 0.5) is 17.1 Å². The van der Waals surface area contributed by atoms with Crippen molar-refractivity contribution in [1.29, 1.82) is 0 Å². The lowest BCUT2D eigenvalue weighted by Crippen LogP contribution is -2.32. The lowest BCUT2D eigenvalue weighted by molar-refractivity contribution is 0.436. The van der Waals surface area contributed by atoms with Gasteiger partial charge in [0.2, 0.25) is 0 Å². The number of para-hydroxylation sites is 3. The molecule has 0 unspecified atom stereocenters. The molecule has 2 spiro atoms. The summed E-state index contributed by atoms with van der Waals surface area (Å²) < 4.78 is 6.77. The summed E-state index contributed by atoms with van der Waals surface area (Å²) in [6.45, 7) is 0. The van der Waals surface area contributed by atoms with Gasteiger partial charge in [-0.3, -0.25) is 0 Å². The van der Waals surface area contributed by atoms with E-state index in [4.69, 9.17) is 4.74 Å². The molecule has 0 bridgehead atoms. The van der Waals surface area contributed by atoms with E-state index >= 15 is 0 Å². The second kappa shape index (κ2) is 16.2. The van der Waals surface area contributed by atoms with Crippen molar-refractivity contribution < 1.29 is 4.74 Å². The monoisotopic (exact) mass is 971 g/mol. The Kier molecular flexibility index (Phi) is 9.14. The van der Waals surface area contributed by atoms with Gasteiger partial charge in [-0.15, -0.1) is 0 Å². The summed E-state index contributed by atoms with van der Waals surface area (Å²) in [4.78, 5) is 5.12. The van der Waals surface area contributed by atoms with E-state index < -0.39 is 10.8 Å². The molecular formula is C72H45NOS. The summed E-state index contributed by atoms with van der Waals surface area (Å²) in [5.41, 5.74) is 22.1. The van der Waals surface area contributed by atoms with Gasteiger partial charge < -0.3 is 9.64 Å². The van der Waals surface area contributed by atoms with E-state index in [9.17, 15) is 0 Å². The molecule has 4 aliphatic rings. The molecule has 75 heavy (non-hydrogen) atoms. The minimum absolute atomic E-state index is 0.447. The lowest BCUT2D eigenvalue weighted by Gasteiger charge is -2.40. The maximum absolute atomic E-state index is 6.77. The molecule has 2 aliphatic heterocycles. The number of fused-ring (bicyclic) bond motifs is 19. The average molecular weight is 972 g/mol. The largest absolute Gasteiger partial charge is 0.457 e. The van der Waals surface area contributed by atoms with Gasteiger partial charge in [0.05, 0.1) is 16.5 Å². The Hall–Kier alpha value is -9.15. The van der Waals surface area contributed by atoms with E-state index in [0.717, 1.165) is 50.8 Å². The van der Waals surface area contributed by atoms with Gasteiger partial charge in [-0.25, -0.2) is 0 Å². The molecule has 0 N–H and O–H groups in total. The smallest absolute Gasteiger partial charge is 0.132 e. The highest BCUT2D eigenvalue weighted by Gasteiger charge is 2.52. The first kappa shape index (κ1) is 42.4. The predicted molar refractivity (Wildman–Crippen MR) is 308 cm³/mol. The van der Waals surface area contributed by atoms with Crippen molar-refractivity contribution in [3.8, 4) is 56.0 Å². The second-order valence-electron chi connectivity index (χ2n) is 20.2. The summed E-state index contributed by atoms with van der Waals surface area (Å²) in [6.07, 6.45) is 0. The third-order valence-corrected chi connectivity index (χ3v) is 17.7. The van der Waals surface area contributed by atoms with E-state index in [1.165, 1.54) is 87.3 Å². The van der Waals surface area contributed by atoms with Gasteiger partial charge in [0, 0.05) is 37.9 Å². The Morgan fingerprint density at radius 2 is 0.747 bits per heavy atom. The van der Waals surface area contributed by atoms with Gasteiger partial charge in [0.25, 0.3) is 0 Å². The van der Waals surface area contributed by atoms with Crippen LogP contribution in [0, 0.1) is 0 Å². The van der Waals surface area contributed by atoms with E-state index in [1.807, 2.05) is 11.8 Å². The Balaban J connectivity index is 0.936. The first-order valence-electron chi connectivity index (χ1n) is 25.9. The standard InChI is InChI=1S/C72H45NOS/c1-2-18-46(19-3-1)47-34-36-48(37-35-47)53-20-6-13-29-66(53)73(52-40-41-56-54-21-4-7-23-58(54)71(65(56)45-52)60-25-9-14-30-67(60)74-68-31-15-10-26-61(68)71)51-39-38-49-44-64-57(43-50(49)42-51)55-22-5-8-24-59(55)72(64)62-27-11-16-32-69(62)75-70-33-17-12-28-63(70)72/h1-45H. The molecule has 12 aromatic rings. The molecule has 0 aromatic heterocycles. The lowest BCUT2D eigenvalue weighted by atomic mass is 9.66. The van der Waals surface area contributed by atoms with Gasteiger partial charge in [-0.1, -0.05) is 218 Å². The zero-order valence-electron chi connectivity index (χ0n) is 40.7. The molecule has 0 radical (unpaired) electrons. The van der Waals surface area contributed by atoms with Crippen LogP contribution in [0.15, 0.2) is 283 Å². The maximum atomic E-state index is 6.77. The number of anilines is 3. The fraction of sp³-hybridized carbons (Fsp3) is 0.0278. The summed E-state index contributed by atoms with van der Waals surface area (Å²) in [5, 5.41) is 2.40. The summed E-state index contributed by atoms with van der Waals surface area (Å²) >= 11 is 1.89. The maximum Gasteiger partial charge on any atom is 0.132 e. The van der Waals surface area contributed by atoms with Crippen molar-refractivity contribution in [1.82, 2.24) is 0 Å². The minimum Gasteiger partial charge on any atom is -0.457 e. The molecular weight excluding hydrogens is 927 g/mol. The molecule has 16 rings (SSSR count). The normalized spacial score (nSPS) is 14.1.